The summed E-state index contributed by atoms with van der Waals surface area (Å²) in [6, 6.07) is 5.64. The highest BCUT2D eigenvalue weighted by molar-refractivity contribution is 5.55. The van der Waals surface area contributed by atoms with Crippen LogP contribution in [0.15, 0.2) is 28.2 Å². The molecule has 4 nitrogen and oxygen atoms in total. The second-order valence-corrected chi connectivity index (χ2v) is 4.74. The van der Waals surface area contributed by atoms with Gasteiger partial charge in [-0.15, -0.1) is 0 Å². The van der Waals surface area contributed by atoms with Gasteiger partial charge in [-0.05, 0) is 30.0 Å². The summed E-state index contributed by atoms with van der Waals surface area (Å²) in [7, 11) is 0. The van der Waals surface area contributed by atoms with Gasteiger partial charge in [0.25, 0.3) is 0 Å². The Morgan fingerprint density at radius 2 is 1.85 bits per heavy atom. The third-order valence-electron chi connectivity index (χ3n) is 3.19. The summed E-state index contributed by atoms with van der Waals surface area (Å²) in [6.07, 6.45) is 10.0. The number of nitrogens with zero attached hydrogens (tertiary/aromatic N) is 2. The zero-order valence-electron chi connectivity index (χ0n) is 11.9. The molecular formula is C16H20N2O2. The molecule has 0 atom stereocenters. The normalized spacial score (nSPS) is 9.65. The van der Waals surface area contributed by atoms with E-state index in [4.69, 9.17) is 0 Å². The molecule has 0 amide bonds. The van der Waals surface area contributed by atoms with Gasteiger partial charge in [0.15, 0.2) is 0 Å². The second-order valence-electron chi connectivity index (χ2n) is 4.74. The first-order valence-electron chi connectivity index (χ1n) is 7.05. The Hall–Kier alpha value is -2.02. The van der Waals surface area contributed by atoms with Crippen LogP contribution >= 0.6 is 0 Å². The minimum absolute atomic E-state index is 0.266. The summed E-state index contributed by atoms with van der Waals surface area (Å²) in [6.45, 7) is 2.46. The van der Waals surface area contributed by atoms with E-state index in [1.807, 2.05) is 12.1 Å². The fraction of sp³-hybridized carbons (Fsp3) is 0.500. The standard InChI is InChI=1S/C16H20N2O2/c1-2-3-4-5-6-7-15-9-8-14(11-17-12-19)10-16(15)18-13-20/h8-10H,2-7,11H2,1H3. The molecule has 0 heterocycles. The maximum Gasteiger partial charge on any atom is 0.240 e. The van der Waals surface area contributed by atoms with E-state index in [1.165, 1.54) is 31.8 Å². The van der Waals surface area contributed by atoms with Gasteiger partial charge in [-0.3, -0.25) is 0 Å². The van der Waals surface area contributed by atoms with E-state index in [0.29, 0.717) is 5.69 Å². The third-order valence-corrected chi connectivity index (χ3v) is 3.19. The molecule has 1 aromatic rings. The van der Waals surface area contributed by atoms with Crippen molar-refractivity contribution in [3.63, 3.8) is 0 Å². The number of carbonyl (C=O) groups excluding carboxylic acids is 2. The van der Waals surface area contributed by atoms with E-state index < -0.39 is 0 Å². The average Bonchev–Trinajstić information content (AvgIpc) is 2.47. The molecule has 1 rings (SSSR count). The summed E-state index contributed by atoms with van der Waals surface area (Å²) >= 11 is 0. The lowest BCUT2D eigenvalue weighted by atomic mass is 10.0. The molecule has 0 N–H and O–H groups in total. The Bertz CT molecular complexity index is 513. The minimum Gasteiger partial charge on any atom is -0.211 e. The Kier molecular flexibility index (Phi) is 7.90. The zero-order chi connectivity index (χ0) is 14.6. The Balaban J connectivity index is 2.69. The molecule has 0 saturated carbocycles. The van der Waals surface area contributed by atoms with Crippen molar-refractivity contribution in [2.75, 3.05) is 0 Å². The fourth-order valence-corrected chi connectivity index (χ4v) is 2.11. The van der Waals surface area contributed by atoms with Crippen LogP contribution in [0.3, 0.4) is 0 Å². The summed E-state index contributed by atoms with van der Waals surface area (Å²) in [5.74, 6) is 0. The summed E-state index contributed by atoms with van der Waals surface area (Å²) in [5.41, 5.74) is 2.52. The second kappa shape index (κ2) is 9.85. The number of aliphatic imine (C=N–C) groups is 2. The number of rotatable bonds is 9. The molecule has 20 heavy (non-hydrogen) atoms. The Morgan fingerprint density at radius 1 is 1.05 bits per heavy atom. The fourth-order valence-electron chi connectivity index (χ4n) is 2.11. The van der Waals surface area contributed by atoms with Crippen LogP contribution in [0.4, 0.5) is 5.69 Å². The summed E-state index contributed by atoms with van der Waals surface area (Å²) < 4.78 is 0. The van der Waals surface area contributed by atoms with Crippen LogP contribution in [0.5, 0.6) is 0 Å². The number of aryl methyl sites for hydroxylation is 1. The van der Waals surface area contributed by atoms with Crippen molar-refractivity contribution in [2.24, 2.45) is 9.98 Å². The van der Waals surface area contributed by atoms with Crippen LogP contribution in [0.25, 0.3) is 0 Å². The molecule has 0 saturated heterocycles. The average molecular weight is 272 g/mol. The molecular weight excluding hydrogens is 252 g/mol. The molecule has 0 aliphatic heterocycles. The molecule has 4 heteroatoms. The predicted molar refractivity (Wildman–Crippen MR) is 78.5 cm³/mol. The largest absolute Gasteiger partial charge is 0.240 e. The van der Waals surface area contributed by atoms with E-state index in [1.54, 1.807) is 12.1 Å². The molecule has 106 valence electrons. The number of hydrogen-bond acceptors (Lipinski definition) is 4. The zero-order valence-corrected chi connectivity index (χ0v) is 11.9. The van der Waals surface area contributed by atoms with Crippen molar-refractivity contribution in [3.05, 3.63) is 29.3 Å². The van der Waals surface area contributed by atoms with Crippen LogP contribution in [-0.2, 0) is 22.6 Å². The number of isocyanates is 2. The highest BCUT2D eigenvalue weighted by atomic mass is 16.1. The van der Waals surface area contributed by atoms with E-state index in [9.17, 15) is 9.59 Å². The first kappa shape index (κ1) is 16.0. The number of unbranched alkanes of at least 4 members (excludes halogenated alkanes) is 4. The van der Waals surface area contributed by atoms with Gasteiger partial charge in [0.05, 0.1) is 12.2 Å². The van der Waals surface area contributed by atoms with Gasteiger partial charge in [-0.2, -0.15) is 4.99 Å². The first-order chi connectivity index (χ1) is 9.81. The van der Waals surface area contributed by atoms with E-state index in [2.05, 4.69) is 16.9 Å². The molecule has 1 aromatic carbocycles. The molecule has 0 fully saturated rings. The van der Waals surface area contributed by atoms with Crippen LogP contribution < -0.4 is 0 Å². The highest BCUT2D eigenvalue weighted by Crippen LogP contribution is 2.23. The number of benzene rings is 1. The van der Waals surface area contributed by atoms with Gasteiger partial charge in [0, 0.05) is 0 Å². The first-order valence-corrected chi connectivity index (χ1v) is 7.05. The lowest BCUT2D eigenvalue weighted by Crippen LogP contribution is -1.90. The SMILES string of the molecule is CCCCCCCc1ccc(CN=C=O)cc1N=C=O. The summed E-state index contributed by atoms with van der Waals surface area (Å²) in [4.78, 5) is 27.9. The smallest absolute Gasteiger partial charge is 0.211 e. The van der Waals surface area contributed by atoms with Crippen molar-refractivity contribution in [3.8, 4) is 0 Å². The van der Waals surface area contributed by atoms with Gasteiger partial charge in [-0.25, -0.2) is 14.6 Å². The van der Waals surface area contributed by atoms with Gasteiger partial charge in [0.1, 0.15) is 0 Å². The van der Waals surface area contributed by atoms with Crippen LogP contribution in [0.2, 0.25) is 0 Å². The van der Waals surface area contributed by atoms with Gasteiger partial charge in [-0.1, -0.05) is 44.7 Å². The topological polar surface area (TPSA) is 58.9 Å². The maximum atomic E-state index is 10.5. The maximum absolute atomic E-state index is 10.5. The van der Waals surface area contributed by atoms with Crippen molar-refractivity contribution in [2.45, 2.75) is 52.0 Å². The van der Waals surface area contributed by atoms with Crippen molar-refractivity contribution in [1.29, 1.82) is 0 Å². The third kappa shape index (κ3) is 5.75. The molecule has 0 radical (unpaired) electrons. The van der Waals surface area contributed by atoms with E-state index in [0.717, 1.165) is 24.0 Å². The van der Waals surface area contributed by atoms with Crippen LogP contribution in [-0.4, -0.2) is 12.2 Å². The molecule has 0 bridgehead atoms. The Morgan fingerprint density at radius 3 is 2.55 bits per heavy atom. The molecule has 0 unspecified atom stereocenters. The molecule has 0 aliphatic carbocycles. The van der Waals surface area contributed by atoms with E-state index in [-0.39, 0.29) is 6.54 Å². The quantitative estimate of drug-likeness (QED) is 0.387. The van der Waals surface area contributed by atoms with Crippen molar-refractivity contribution < 1.29 is 9.59 Å². The highest BCUT2D eigenvalue weighted by Gasteiger charge is 2.03. The van der Waals surface area contributed by atoms with Crippen LogP contribution in [0, 0.1) is 0 Å². The number of hydrogen-bond donors (Lipinski definition) is 0. The van der Waals surface area contributed by atoms with Crippen molar-refractivity contribution >= 4 is 17.8 Å². The van der Waals surface area contributed by atoms with Gasteiger partial charge < -0.3 is 0 Å². The minimum atomic E-state index is 0.266. The van der Waals surface area contributed by atoms with Crippen molar-refractivity contribution in [1.82, 2.24) is 0 Å². The molecule has 0 aromatic heterocycles. The lowest BCUT2D eigenvalue weighted by Gasteiger charge is -2.06. The molecule has 0 aliphatic rings. The summed E-state index contributed by atoms with van der Waals surface area (Å²) in [5, 5.41) is 0. The van der Waals surface area contributed by atoms with Gasteiger partial charge in [0.2, 0.25) is 12.2 Å². The van der Waals surface area contributed by atoms with Crippen LogP contribution in [0.1, 0.15) is 50.2 Å². The van der Waals surface area contributed by atoms with Gasteiger partial charge >= 0.3 is 0 Å². The predicted octanol–water partition coefficient (Wildman–Crippen LogP) is 4.00. The molecule has 0 spiro atoms. The monoisotopic (exact) mass is 272 g/mol. The lowest BCUT2D eigenvalue weighted by molar-refractivity contribution is 0.562. The Labute approximate surface area is 119 Å². The van der Waals surface area contributed by atoms with E-state index >= 15 is 0 Å².